The Morgan fingerprint density at radius 1 is 1.08 bits per heavy atom. The molecule has 0 saturated heterocycles. The minimum atomic E-state index is -3.72. The van der Waals surface area contributed by atoms with Crippen LogP contribution < -0.4 is 5.48 Å². The highest BCUT2D eigenvalue weighted by Gasteiger charge is 2.30. The zero-order chi connectivity index (χ0) is 17.2. The maximum atomic E-state index is 13.0. The Labute approximate surface area is 140 Å². The van der Waals surface area contributed by atoms with Gasteiger partial charge in [-0.15, -0.1) is 0 Å². The lowest BCUT2D eigenvalue weighted by Crippen LogP contribution is -2.36. The van der Waals surface area contributed by atoms with Crippen LogP contribution in [0, 0.1) is 0 Å². The van der Waals surface area contributed by atoms with Gasteiger partial charge in [-0.2, -0.15) is 4.31 Å². The molecule has 0 atom stereocenters. The van der Waals surface area contributed by atoms with Crippen LogP contribution in [0.15, 0.2) is 53.4 Å². The van der Waals surface area contributed by atoms with Crippen molar-refractivity contribution in [3.63, 3.8) is 0 Å². The molecule has 6 nitrogen and oxygen atoms in total. The van der Waals surface area contributed by atoms with Crippen LogP contribution >= 0.6 is 0 Å². The predicted octanol–water partition coefficient (Wildman–Crippen LogP) is 1.48. The average Bonchev–Trinajstić information content (AvgIpc) is 2.61. The first kappa shape index (κ1) is 16.6. The lowest BCUT2D eigenvalue weighted by atomic mass is 10.0. The molecule has 7 heteroatoms. The van der Waals surface area contributed by atoms with Crippen molar-refractivity contribution in [2.45, 2.75) is 24.3 Å². The number of rotatable bonds is 4. The summed E-state index contributed by atoms with van der Waals surface area (Å²) in [6, 6.07) is 14.2. The first-order valence-corrected chi connectivity index (χ1v) is 9.04. The molecule has 0 aromatic heterocycles. The van der Waals surface area contributed by atoms with Crippen molar-refractivity contribution in [2.24, 2.45) is 0 Å². The molecule has 2 aromatic carbocycles. The van der Waals surface area contributed by atoms with Gasteiger partial charge in [0, 0.05) is 13.1 Å². The molecule has 0 spiro atoms. The van der Waals surface area contributed by atoms with Crippen LogP contribution in [0.4, 0.5) is 0 Å². The molecule has 1 aliphatic rings. The van der Waals surface area contributed by atoms with Gasteiger partial charge in [-0.25, -0.2) is 13.9 Å². The molecule has 24 heavy (non-hydrogen) atoms. The fourth-order valence-electron chi connectivity index (χ4n) is 2.93. The molecule has 1 amide bonds. The summed E-state index contributed by atoms with van der Waals surface area (Å²) in [4.78, 5) is 11.5. The Balaban J connectivity index is 1.93. The number of nitrogens with one attached hydrogen (secondary N) is 1. The van der Waals surface area contributed by atoms with Gasteiger partial charge in [0.15, 0.2) is 0 Å². The van der Waals surface area contributed by atoms with E-state index in [1.807, 2.05) is 24.3 Å². The van der Waals surface area contributed by atoms with Crippen molar-refractivity contribution in [3.05, 3.63) is 65.2 Å². The number of benzene rings is 2. The molecule has 0 bridgehead atoms. The maximum Gasteiger partial charge on any atom is 0.247 e. The number of hydrogen-bond acceptors (Lipinski definition) is 4. The Kier molecular flexibility index (Phi) is 4.66. The fourth-order valence-corrected chi connectivity index (χ4v) is 4.57. The molecule has 0 unspecified atom stereocenters. The number of hydrogen-bond donors (Lipinski definition) is 2. The van der Waals surface area contributed by atoms with Crippen LogP contribution in [0.5, 0.6) is 0 Å². The third-order valence-electron chi connectivity index (χ3n) is 4.16. The second kappa shape index (κ2) is 6.72. The van der Waals surface area contributed by atoms with Crippen LogP contribution in [0.1, 0.15) is 16.7 Å². The number of nitrogens with zero attached hydrogens (tertiary/aromatic N) is 1. The lowest BCUT2D eigenvalue weighted by molar-refractivity contribution is -0.128. The summed E-state index contributed by atoms with van der Waals surface area (Å²) in [5.74, 6) is -0.651. The number of sulfonamides is 1. The lowest BCUT2D eigenvalue weighted by Gasteiger charge is -2.28. The van der Waals surface area contributed by atoms with Gasteiger partial charge < -0.3 is 0 Å². The van der Waals surface area contributed by atoms with Gasteiger partial charge in [0.25, 0.3) is 0 Å². The molecule has 0 fully saturated rings. The standard InChI is InChI=1S/C17H18N2O4S/c20-17(18-21)11-14-6-3-4-8-16(14)24(22,23)19-10-9-13-5-1-2-7-15(13)12-19/h1-8,21H,9-12H2,(H,18,20). The third kappa shape index (κ3) is 3.19. The van der Waals surface area contributed by atoms with Gasteiger partial charge in [0.05, 0.1) is 11.3 Å². The summed E-state index contributed by atoms with van der Waals surface area (Å²) in [6.45, 7) is 0.721. The quantitative estimate of drug-likeness (QED) is 0.648. The number of hydroxylamine groups is 1. The number of carbonyl (C=O) groups is 1. The normalized spacial score (nSPS) is 14.9. The van der Waals surface area contributed by atoms with E-state index in [4.69, 9.17) is 5.21 Å². The monoisotopic (exact) mass is 346 g/mol. The van der Waals surface area contributed by atoms with Crippen molar-refractivity contribution < 1.29 is 18.4 Å². The summed E-state index contributed by atoms with van der Waals surface area (Å²) >= 11 is 0. The average molecular weight is 346 g/mol. The Hall–Kier alpha value is -2.22. The van der Waals surface area contributed by atoms with Gasteiger partial charge >= 0.3 is 0 Å². The maximum absolute atomic E-state index is 13.0. The minimum Gasteiger partial charge on any atom is -0.289 e. The SMILES string of the molecule is O=C(Cc1ccccc1S(=O)(=O)N1CCc2ccccc2C1)NO. The van der Waals surface area contributed by atoms with E-state index in [0.717, 1.165) is 11.1 Å². The number of carbonyl (C=O) groups excluding carboxylic acids is 1. The molecule has 2 aromatic rings. The van der Waals surface area contributed by atoms with E-state index in [1.54, 1.807) is 18.2 Å². The summed E-state index contributed by atoms with van der Waals surface area (Å²) in [5.41, 5.74) is 4.06. The van der Waals surface area contributed by atoms with Crippen LogP contribution in [-0.4, -0.2) is 30.4 Å². The molecule has 0 saturated carbocycles. The highest BCUT2D eigenvalue weighted by Crippen LogP contribution is 2.26. The smallest absolute Gasteiger partial charge is 0.247 e. The summed E-state index contributed by atoms with van der Waals surface area (Å²) in [7, 11) is -3.72. The molecule has 0 aliphatic carbocycles. The zero-order valence-electron chi connectivity index (χ0n) is 13.0. The van der Waals surface area contributed by atoms with Gasteiger partial charge in [0.1, 0.15) is 0 Å². The van der Waals surface area contributed by atoms with Gasteiger partial charge in [-0.05, 0) is 29.2 Å². The first-order chi connectivity index (χ1) is 11.5. The van der Waals surface area contributed by atoms with Crippen LogP contribution in [0.25, 0.3) is 0 Å². The zero-order valence-corrected chi connectivity index (χ0v) is 13.8. The fraction of sp³-hybridized carbons (Fsp3) is 0.235. The van der Waals surface area contributed by atoms with Gasteiger partial charge in [0.2, 0.25) is 15.9 Å². The number of amides is 1. The van der Waals surface area contributed by atoms with E-state index in [0.29, 0.717) is 25.1 Å². The second-order valence-electron chi connectivity index (χ2n) is 5.68. The van der Waals surface area contributed by atoms with E-state index in [9.17, 15) is 13.2 Å². The molecule has 1 aliphatic heterocycles. The predicted molar refractivity (Wildman–Crippen MR) is 87.8 cm³/mol. The topological polar surface area (TPSA) is 86.7 Å². The van der Waals surface area contributed by atoms with Crippen LogP contribution in [0.3, 0.4) is 0 Å². The molecule has 126 valence electrons. The van der Waals surface area contributed by atoms with Gasteiger partial charge in [-0.3, -0.25) is 10.0 Å². The summed E-state index contributed by atoms with van der Waals surface area (Å²) in [5, 5.41) is 8.69. The molecule has 3 rings (SSSR count). The Morgan fingerprint density at radius 3 is 2.50 bits per heavy atom. The third-order valence-corrected chi connectivity index (χ3v) is 6.11. The van der Waals surface area contributed by atoms with Crippen molar-refractivity contribution in [3.8, 4) is 0 Å². The van der Waals surface area contributed by atoms with Crippen LogP contribution in [0.2, 0.25) is 0 Å². The van der Waals surface area contributed by atoms with Crippen molar-refractivity contribution in [1.82, 2.24) is 9.79 Å². The van der Waals surface area contributed by atoms with E-state index >= 15 is 0 Å². The Morgan fingerprint density at radius 2 is 1.75 bits per heavy atom. The second-order valence-corrected chi connectivity index (χ2v) is 7.58. The van der Waals surface area contributed by atoms with Crippen molar-refractivity contribution >= 4 is 15.9 Å². The summed E-state index contributed by atoms with van der Waals surface area (Å²) < 4.78 is 27.5. The minimum absolute atomic E-state index is 0.105. The molecule has 0 radical (unpaired) electrons. The van der Waals surface area contributed by atoms with E-state index in [2.05, 4.69) is 0 Å². The van der Waals surface area contributed by atoms with E-state index in [1.165, 1.54) is 15.9 Å². The van der Waals surface area contributed by atoms with Gasteiger partial charge in [-0.1, -0.05) is 42.5 Å². The Bertz CT molecular complexity index is 864. The largest absolute Gasteiger partial charge is 0.289 e. The van der Waals surface area contributed by atoms with Crippen molar-refractivity contribution in [2.75, 3.05) is 6.54 Å². The van der Waals surface area contributed by atoms with Crippen LogP contribution in [-0.2, 0) is 34.2 Å². The molecular weight excluding hydrogens is 328 g/mol. The molecule has 2 N–H and O–H groups in total. The highest BCUT2D eigenvalue weighted by atomic mass is 32.2. The first-order valence-electron chi connectivity index (χ1n) is 7.60. The summed E-state index contributed by atoms with van der Waals surface area (Å²) in [6.07, 6.45) is 0.463. The van der Waals surface area contributed by atoms with E-state index in [-0.39, 0.29) is 11.3 Å². The molecule has 1 heterocycles. The highest BCUT2D eigenvalue weighted by molar-refractivity contribution is 7.89. The number of fused-ring (bicyclic) bond motifs is 1. The van der Waals surface area contributed by atoms with Crippen molar-refractivity contribution in [1.29, 1.82) is 0 Å². The van der Waals surface area contributed by atoms with E-state index < -0.39 is 15.9 Å². The molecular formula is C17H18N2O4S.